The molecule has 3 rings (SSSR count). The van der Waals surface area contributed by atoms with Gasteiger partial charge < -0.3 is 19.5 Å². The van der Waals surface area contributed by atoms with E-state index in [1.807, 2.05) is 30.3 Å². The van der Waals surface area contributed by atoms with Gasteiger partial charge in [-0.25, -0.2) is 0 Å². The van der Waals surface area contributed by atoms with Gasteiger partial charge in [0.25, 0.3) is 5.91 Å². The summed E-state index contributed by atoms with van der Waals surface area (Å²) < 4.78 is 17.0. The summed E-state index contributed by atoms with van der Waals surface area (Å²) >= 11 is 0. The summed E-state index contributed by atoms with van der Waals surface area (Å²) in [5.41, 5.74) is 0.940. The molecule has 0 atom stereocenters. The first-order valence-corrected chi connectivity index (χ1v) is 8.87. The lowest BCUT2D eigenvalue weighted by molar-refractivity contribution is -0.122. The number of carbonyl (C=O) groups is 1. The van der Waals surface area contributed by atoms with Gasteiger partial charge in [0.05, 0.1) is 6.54 Å². The topological polar surface area (TPSA) is 56.8 Å². The lowest BCUT2D eigenvalue weighted by Gasteiger charge is -2.17. The highest BCUT2D eigenvalue weighted by molar-refractivity contribution is 5.77. The van der Waals surface area contributed by atoms with Crippen molar-refractivity contribution in [1.82, 2.24) is 5.32 Å². The first-order chi connectivity index (χ1) is 13.0. The Hall–Kier alpha value is -3.13. The highest BCUT2D eigenvalue weighted by Crippen LogP contribution is 2.41. The van der Waals surface area contributed by atoms with Crippen molar-refractivity contribution < 1.29 is 19.0 Å². The van der Waals surface area contributed by atoms with Crippen molar-refractivity contribution in [3.05, 3.63) is 54.1 Å². The van der Waals surface area contributed by atoms with Crippen LogP contribution in [-0.4, -0.2) is 31.3 Å². The zero-order chi connectivity index (χ0) is 19.1. The molecule has 0 aromatic heterocycles. The Kier molecular flexibility index (Phi) is 5.87. The summed E-state index contributed by atoms with van der Waals surface area (Å²) in [4.78, 5) is 11.7. The molecule has 1 aliphatic rings. The molecule has 0 fully saturated rings. The van der Waals surface area contributed by atoms with E-state index in [2.05, 4.69) is 37.1 Å². The fourth-order valence-corrected chi connectivity index (χ4v) is 2.79. The summed E-state index contributed by atoms with van der Waals surface area (Å²) in [5.74, 6) is 7.70. The number of hydrogen-bond donors (Lipinski definition) is 1. The van der Waals surface area contributed by atoms with Crippen LogP contribution >= 0.6 is 0 Å². The van der Waals surface area contributed by atoms with Crippen LogP contribution in [-0.2, 0) is 11.2 Å². The molecule has 0 spiro atoms. The van der Waals surface area contributed by atoms with Crippen molar-refractivity contribution in [2.24, 2.45) is 0 Å². The molecule has 27 heavy (non-hydrogen) atoms. The number of carbonyl (C=O) groups excluding carboxylic acids is 1. The third kappa shape index (κ3) is 5.42. The number of benzene rings is 2. The molecule has 2 aromatic rings. The molecule has 5 nitrogen and oxygen atoms in total. The average Bonchev–Trinajstić information content (AvgIpc) is 2.98. The summed E-state index contributed by atoms with van der Waals surface area (Å²) in [7, 11) is 0. The molecule has 0 unspecified atom stereocenters. The lowest BCUT2D eigenvalue weighted by atomic mass is 10.0. The van der Waals surface area contributed by atoms with Gasteiger partial charge in [-0.05, 0) is 32.0 Å². The highest BCUT2D eigenvalue weighted by atomic mass is 16.5. The number of ether oxygens (including phenoxy) is 3. The second-order valence-corrected chi connectivity index (χ2v) is 6.80. The molecule has 2 aromatic carbocycles. The van der Waals surface area contributed by atoms with E-state index in [9.17, 15) is 4.79 Å². The normalized spacial score (nSPS) is 13.6. The third-order valence-corrected chi connectivity index (χ3v) is 3.97. The van der Waals surface area contributed by atoms with Gasteiger partial charge in [-0.15, -0.1) is 0 Å². The minimum absolute atomic E-state index is 0.0362. The van der Waals surface area contributed by atoms with Gasteiger partial charge >= 0.3 is 0 Å². The van der Waals surface area contributed by atoms with Crippen LogP contribution in [0.1, 0.15) is 19.4 Å². The Labute approximate surface area is 159 Å². The lowest BCUT2D eigenvalue weighted by Crippen LogP contribution is -2.29. The van der Waals surface area contributed by atoms with Crippen LogP contribution in [0.2, 0.25) is 0 Å². The molecule has 1 aliphatic heterocycles. The minimum atomic E-state index is -0.217. The average molecular weight is 365 g/mol. The molecule has 0 radical (unpaired) electrons. The smallest absolute Gasteiger partial charge is 0.258 e. The molecular weight excluding hydrogens is 342 g/mol. The minimum Gasteiger partial charge on any atom is -0.484 e. The van der Waals surface area contributed by atoms with Gasteiger partial charge in [0.2, 0.25) is 0 Å². The Bertz CT molecular complexity index is 850. The molecule has 1 amide bonds. The molecule has 140 valence electrons. The van der Waals surface area contributed by atoms with Gasteiger partial charge in [-0.3, -0.25) is 4.79 Å². The number of hydrogen-bond acceptors (Lipinski definition) is 4. The molecule has 1 N–H and O–H groups in total. The van der Waals surface area contributed by atoms with Crippen LogP contribution in [0.15, 0.2) is 48.5 Å². The van der Waals surface area contributed by atoms with Gasteiger partial charge in [0.1, 0.15) is 18.0 Å². The molecule has 5 heteroatoms. The largest absolute Gasteiger partial charge is 0.484 e. The molecule has 0 bridgehead atoms. The van der Waals surface area contributed by atoms with Crippen molar-refractivity contribution in [1.29, 1.82) is 0 Å². The van der Waals surface area contributed by atoms with Gasteiger partial charge in [-0.1, -0.05) is 42.2 Å². The monoisotopic (exact) mass is 365 g/mol. The summed E-state index contributed by atoms with van der Waals surface area (Å²) in [6, 6.07) is 15.1. The zero-order valence-electron chi connectivity index (χ0n) is 15.6. The van der Waals surface area contributed by atoms with Crippen LogP contribution in [0.25, 0.3) is 0 Å². The summed E-state index contributed by atoms with van der Waals surface area (Å²) in [6.07, 6.45) is 0.863. The van der Waals surface area contributed by atoms with E-state index in [-0.39, 0.29) is 31.3 Å². The van der Waals surface area contributed by atoms with Gasteiger partial charge in [0, 0.05) is 12.0 Å². The first kappa shape index (κ1) is 18.7. The van der Waals surface area contributed by atoms with Crippen LogP contribution in [0, 0.1) is 11.8 Å². The zero-order valence-corrected chi connectivity index (χ0v) is 15.6. The maximum atomic E-state index is 11.7. The Morgan fingerprint density at radius 2 is 1.93 bits per heavy atom. The molecular formula is C22H23NO4. The van der Waals surface area contributed by atoms with Crippen molar-refractivity contribution >= 4 is 5.91 Å². The van der Waals surface area contributed by atoms with Gasteiger partial charge in [-0.2, -0.15) is 0 Å². The second kappa shape index (κ2) is 8.50. The van der Waals surface area contributed by atoms with Crippen molar-refractivity contribution in [3.63, 3.8) is 0 Å². The standard InChI is InChI=1S/C22H23NO4/c1-22(2)15-17-9-8-12-19(21(17)27-22)25-14-7-6-13-23-20(24)16-26-18-10-4-3-5-11-18/h3-5,8-12H,13-16H2,1-2H3,(H,23,24). The van der Waals surface area contributed by atoms with Crippen LogP contribution in [0.3, 0.4) is 0 Å². The van der Waals surface area contributed by atoms with Crippen molar-refractivity contribution in [2.75, 3.05) is 19.8 Å². The summed E-state index contributed by atoms with van der Waals surface area (Å²) in [5, 5.41) is 2.69. The van der Waals surface area contributed by atoms with Crippen LogP contribution in [0.4, 0.5) is 0 Å². The first-order valence-electron chi connectivity index (χ1n) is 8.87. The van der Waals surface area contributed by atoms with Crippen molar-refractivity contribution in [3.8, 4) is 29.1 Å². The van der Waals surface area contributed by atoms with E-state index in [0.29, 0.717) is 11.5 Å². The fourth-order valence-electron chi connectivity index (χ4n) is 2.79. The summed E-state index contributed by atoms with van der Waals surface area (Å²) in [6.45, 7) is 4.56. The Balaban J connectivity index is 1.38. The molecule has 0 aliphatic carbocycles. The molecule has 0 saturated heterocycles. The Morgan fingerprint density at radius 3 is 2.74 bits per heavy atom. The molecule has 0 saturated carbocycles. The van der Waals surface area contributed by atoms with E-state index < -0.39 is 0 Å². The second-order valence-electron chi connectivity index (χ2n) is 6.80. The van der Waals surface area contributed by atoms with E-state index in [4.69, 9.17) is 14.2 Å². The van der Waals surface area contributed by atoms with E-state index in [0.717, 1.165) is 17.7 Å². The third-order valence-electron chi connectivity index (χ3n) is 3.97. The number of fused-ring (bicyclic) bond motifs is 1. The van der Waals surface area contributed by atoms with E-state index in [1.165, 1.54) is 0 Å². The fraction of sp³-hybridized carbons (Fsp3) is 0.318. The molecule has 1 heterocycles. The van der Waals surface area contributed by atoms with Crippen molar-refractivity contribution in [2.45, 2.75) is 25.9 Å². The number of rotatable bonds is 6. The number of nitrogens with one attached hydrogen (secondary N) is 1. The van der Waals surface area contributed by atoms with Crippen LogP contribution in [0.5, 0.6) is 17.2 Å². The Morgan fingerprint density at radius 1 is 1.11 bits per heavy atom. The van der Waals surface area contributed by atoms with E-state index in [1.54, 1.807) is 12.1 Å². The predicted octanol–water partition coefficient (Wildman–Crippen LogP) is 2.98. The maximum absolute atomic E-state index is 11.7. The predicted molar refractivity (Wildman–Crippen MR) is 103 cm³/mol. The van der Waals surface area contributed by atoms with Crippen LogP contribution < -0.4 is 19.5 Å². The number of para-hydroxylation sites is 2. The number of amides is 1. The van der Waals surface area contributed by atoms with Gasteiger partial charge in [0.15, 0.2) is 18.1 Å². The maximum Gasteiger partial charge on any atom is 0.258 e. The highest BCUT2D eigenvalue weighted by Gasteiger charge is 2.32. The SMILES string of the molecule is CC1(C)Cc2cccc(OCC#CCNC(=O)COc3ccccc3)c2O1. The van der Waals surface area contributed by atoms with E-state index >= 15 is 0 Å². The quantitative estimate of drug-likeness (QED) is 0.800.